The Hall–Kier alpha value is -2.68. The molecular formula is C20H24BrN5O3. The molecule has 0 atom stereocenters. The van der Waals surface area contributed by atoms with E-state index in [4.69, 9.17) is 4.74 Å². The predicted molar refractivity (Wildman–Crippen MR) is 113 cm³/mol. The van der Waals surface area contributed by atoms with Crippen LogP contribution in [0.25, 0.3) is 16.9 Å². The first-order valence-electron chi connectivity index (χ1n) is 9.35. The molecule has 0 aromatic carbocycles. The van der Waals surface area contributed by atoms with Gasteiger partial charge in [-0.25, -0.2) is 14.3 Å². The molecule has 4 heterocycles. The second-order valence-corrected chi connectivity index (χ2v) is 8.53. The maximum atomic E-state index is 11.4. The summed E-state index contributed by atoms with van der Waals surface area (Å²) in [6.45, 7) is 7.38. The fourth-order valence-electron chi connectivity index (χ4n) is 2.76. The van der Waals surface area contributed by atoms with Gasteiger partial charge in [0.05, 0.1) is 22.6 Å². The van der Waals surface area contributed by atoms with E-state index in [-0.39, 0.29) is 17.4 Å². The molecule has 9 heteroatoms. The fraction of sp³-hybridized carbons (Fsp3) is 0.400. The van der Waals surface area contributed by atoms with Gasteiger partial charge in [-0.15, -0.1) is 0 Å². The number of nitrogens with zero attached hydrogens (tertiary/aromatic N) is 5. The summed E-state index contributed by atoms with van der Waals surface area (Å²) in [5, 5.41) is 13.3. The number of ether oxygens (including phenoxy) is 1. The number of aromatic nitrogens is 4. The monoisotopic (exact) mass is 461 g/mol. The highest BCUT2D eigenvalue weighted by Gasteiger charge is 2.23. The van der Waals surface area contributed by atoms with Crippen LogP contribution in [0, 0.1) is 0 Å². The van der Waals surface area contributed by atoms with E-state index in [2.05, 4.69) is 31.0 Å². The Morgan fingerprint density at radius 1 is 1.14 bits per heavy atom. The molecule has 1 aliphatic heterocycles. The highest BCUT2D eigenvalue weighted by Crippen LogP contribution is 2.21. The van der Waals surface area contributed by atoms with Crippen LogP contribution in [0.5, 0.6) is 5.75 Å². The van der Waals surface area contributed by atoms with Crippen LogP contribution in [0.4, 0.5) is 4.79 Å². The van der Waals surface area contributed by atoms with Crippen LogP contribution in [-0.4, -0.2) is 54.4 Å². The third kappa shape index (κ3) is 5.66. The predicted octanol–water partition coefficient (Wildman–Crippen LogP) is 4.28. The summed E-state index contributed by atoms with van der Waals surface area (Å²) in [5.41, 5.74) is 1.98. The second kappa shape index (κ2) is 8.77. The maximum absolute atomic E-state index is 11.4. The number of carbonyl (C=O) groups excluding carboxylic acids is 1. The van der Waals surface area contributed by atoms with E-state index in [9.17, 15) is 9.90 Å². The van der Waals surface area contributed by atoms with Crippen LogP contribution in [0.3, 0.4) is 0 Å². The number of amides is 1. The van der Waals surface area contributed by atoms with Gasteiger partial charge in [-0.1, -0.05) is 0 Å². The summed E-state index contributed by atoms with van der Waals surface area (Å²) < 4.78 is 7.73. The Labute approximate surface area is 177 Å². The molecule has 4 rings (SSSR count). The van der Waals surface area contributed by atoms with Gasteiger partial charge in [0.2, 0.25) is 0 Å². The number of fused-ring (bicyclic) bond motifs is 1. The van der Waals surface area contributed by atoms with Crippen LogP contribution < -0.4 is 0 Å². The summed E-state index contributed by atoms with van der Waals surface area (Å²) in [7, 11) is 0. The Morgan fingerprint density at radius 3 is 2.48 bits per heavy atom. The molecule has 1 saturated heterocycles. The molecule has 154 valence electrons. The van der Waals surface area contributed by atoms with Crippen molar-refractivity contribution in [2.24, 2.45) is 0 Å². The third-order valence-corrected chi connectivity index (χ3v) is 4.67. The standard InChI is InChI=1S/C11H7BrN4O.C9H17NO2/c12-9-5-15-16-6-7(3-14-11(9)16)10-2-1-8(17)4-13-10;1-9(2,3)12-8(11)10-6-4-5-7-10/h1-6,17H;4-7H2,1-3H3. The summed E-state index contributed by atoms with van der Waals surface area (Å²) in [4.78, 5) is 21.5. The first-order valence-corrected chi connectivity index (χ1v) is 10.1. The van der Waals surface area contributed by atoms with Crippen molar-refractivity contribution >= 4 is 27.7 Å². The lowest BCUT2D eigenvalue weighted by molar-refractivity contribution is 0.0295. The van der Waals surface area contributed by atoms with Gasteiger partial charge < -0.3 is 14.7 Å². The first-order chi connectivity index (χ1) is 13.7. The van der Waals surface area contributed by atoms with Crippen molar-refractivity contribution in [3.05, 3.63) is 41.4 Å². The van der Waals surface area contributed by atoms with Crippen molar-refractivity contribution in [3.63, 3.8) is 0 Å². The van der Waals surface area contributed by atoms with Crippen molar-refractivity contribution in [1.82, 2.24) is 24.5 Å². The number of pyridine rings is 1. The molecule has 1 fully saturated rings. The van der Waals surface area contributed by atoms with Crippen LogP contribution in [0.2, 0.25) is 0 Å². The van der Waals surface area contributed by atoms with Crippen molar-refractivity contribution in [2.45, 2.75) is 39.2 Å². The van der Waals surface area contributed by atoms with E-state index >= 15 is 0 Å². The maximum Gasteiger partial charge on any atom is 0.410 e. The van der Waals surface area contributed by atoms with Gasteiger partial charge in [-0.05, 0) is 61.7 Å². The number of hydrogen-bond donors (Lipinski definition) is 1. The SMILES string of the molecule is CC(C)(C)OC(=O)N1CCCC1.Oc1ccc(-c2cnc3c(Br)cnn3c2)nc1. The average molecular weight is 462 g/mol. The normalized spacial score (nSPS) is 13.9. The smallest absolute Gasteiger partial charge is 0.410 e. The minimum atomic E-state index is -0.361. The Bertz CT molecular complexity index is 976. The van der Waals surface area contributed by atoms with Crippen LogP contribution in [0.1, 0.15) is 33.6 Å². The number of aromatic hydroxyl groups is 1. The highest BCUT2D eigenvalue weighted by atomic mass is 79.9. The number of carbonyl (C=O) groups is 1. The molecule has 0 spiro atoms. The number of hydrogen-bond acceptors (Lipinski definition) is 6. The molecule has 0 unspecified atom stereocenters. The van der Waals surface area contributed by atoms with Gasteiger partial charge in [-0.2, -0.15) is 5.10 Å². The molecular weight excluding hydrogens is 438 g/mol. The Morgan fingerprint density at radius 2 is 1.86 bits per heavy atom. The average Bonchev–Trinajstić information content (AvgIpc) is 3.32. The van der Waals surface area contributed by atoms with Gasteiger partial charge in [0.25, 0.3) is 0 Å². The van der Waals surface area contributed by atoms with E-state index < -0.39 is 0 Å². The van der Waals surface area contributed by atoms with Crippen LogP contribution in [0.15, 0.2) is 41.4 Å². The van der Waals surface area contributed by atoms with Crippen molar-refractivity contribution in [1.29, 1.82) is 0 Å². The molecule has 0 bridgehead atoms. The molecule has 0 radical (unpaired) electrons. The van der Waals surface area contributed by atoms with E-state index in [1.165, 1.54) is 6.20 Å². The zero-order chi connectivity index (χ0) is 21.0. The quantitative estimate of drug-likeness (QED) is 0.581. The molecule has 8 nitrogen and oxygen atoms in total. The largest absolute Gasteiger partial charge is 0.506 e. The lowest BCUT2D eigenvalue weighted by Gasteiger charge is -2.23. The van der Waals surface area contributed by atoms with Crippen LogP contribution >= 0.6 is 15.9 Å². The number of likely N-dealkylation sites (tertiary alicyclic amines) is 1. The van der Waals surface area contributed by atoms with E-state index in [0.29, 0.717) is 0 Å². The minimum absolute atomic E-state index is 0.143. The lowest BCUT2D eigenvalue weighted by Crippen LogP contribution is -2.34. The molecule has 1 amide bonds. The van der Waals surface area contributed by atoms with Gasteiger partial charge in [0, 0.05) is 31.0 Å². The minimum Gasteiger partial charge on any atom is -0.506 e. The zero-order valence-electron chi connectivity index (χ0n) is 16.7. The lowest BCUT2D eigenvalue weighted by atomic mass is 10.2. The summed E-state index contributed by atoms with van der Waals surface area (Å²) in [6, 6.07) is 3.32. The summed E-state index contributed by atoms with van der Waals surface area (Å²) in [5.74, 6) is 0.143. The van der Waals surface area contributed by atoms with Crippen molar-refractivity contribution < 1.29 is 14.6 Å². The Balaban J connectivity index is 0.000000177. The molecule has 0 aliphatic carbocycles. The zero-order valence-corrected chi connectivity index (χ0v) is 18.3. The van der Waals surface area contributed by atoms with Crippen molar-refractivity contribution in [2.75, 3.05) is 13.1 Å². The van der Waals surface area contributed by atoms with E-state index in [1.807, 2.05) is 27.0 Å². The topological polar surface area (TPSA) is 92.8 Å². The van der Waals surface area contributed by atoms with Gasteiger partial charge in [0.1, 0.15) is 11.4 Å². The summed E-state index contributed by atoms with van der Waals surface area (Å²) >= 11 is 3.36. The fourth-order valence-corrected chi connectivity index (χ4v) is 3.14. The third-order valence-electron chi connectivity index (χ3n) is 4.11. The first kappa shape index (κ1) is 21.0. The van der Waals surface area contributed by atoms with E-state index in [1.54, 1.807) is 33.9 Å². The van der Waals surface area contributed by atoms with Gasteiger partial charge >= 0.3 is 6.09 Å². The van der Waals surface area contributed by atoms with Crippen LogP contribution in [-0.2, 0) is 4.74 Å². The highest BCUT2D eigenvalue weighted by molar-refractivity contribution is 9.10. The number of rotatable bonds is 1. The molecule has 3 aromatic rings. The van der Waals surface area contributed by atoms with Crippen molar-refractivity contribution in [3.8, 4) is 17.0 Å². The second-order valence-electron chi connectivity index (χ2n) is 7.68. The van der Waals surface area contributed by atoms with Gasteiger partial charge in [-0.3, -0.25) is 4.98 Å². The van der Waals surface area contributed by atoms with E-state index in [0.717, 1.165) is 47.3 Å². The summed E-state index contributed by atoms with van der Waals surface area (Å²) in [6.07, 6.45) is 8.71. The molecule has 3 aromatic heterocycles. The molecule has 29 heavy (non-hydrogen) atoms. The number of halogens is 1. The molecule has 1 aliphatic rings. The molecule has 0 saturated carbocycles. The molecule has 1 N–H and O–H groups in total. The Kier molecular flexibility index (Phi) is 6.36. The van der Waals surface area contributed by atoms with Gasteiger partial charge in [0.15, 0.2) is 5.65 Å².